The molecule has 2 aromatic carbocycles. The Kier molecular flexibility index (Phi) is 4.55. The second kappa shape index (κ2) is 7.16. The smallest absolute Gasteiger partial charge is 0.341 e. The Bertz CT molecular complexity index is 1250. The lowest BCUT2D eigenvalue weighted by atomic mass is 9.95. The second-order valence-electron chi connectivity index (χ2n) is 8.32. The van der Waals surface area contributed by atoms with Crippen molar-refractivity contribution in [1.29, 1.82) is 0 Å². The third-order valence-corrected chi connectivity index (χ3v) is 6.26. The lowest BCUT2D eigenvalue weighted by Crippen LogP contribution is -2.29. The van der Waals surface area contributed by atoms with Crippen molar-refractivity contribution in [2.45, 2.75) is 30.8 Å². The zero-order valence-electron chi connectivity index (χ0n) is 16.6. The number of aromatic nitrogens is 1. The molecule has 3 N–H and O–H groups in total. The van der Waals surface area contributed by atoms with E-state index in [1.807, 2.05) is 30.3 Å². The van der Waals surface area contributed by atoms with Crippen molar-refractivity contribution in [2.24, 2.45) is 5.73 Å². The molecule has 1 aliphatic heterocycles. The van der Waals surface area contributed by atoms with Crippen molar-refractivity contribution in [2.75, 3.05) is 18.0 Å². The highest BCUT2D eigenvalue weighted by atomic mass is 19.1. The van der Waals surface area contributed by atoms with Crippen LogP contribution in [0, 0.1) is 11.6 Å². The van der Waals surface area contributed by atoms with E-state index in [0.29, 0.717) is 6.54 Å². The van der Waals surface area contributed by atoms with Crippen molar-refractivity contribution < 1.29 is 18.7 Å². The maximum atomic E-state index is 15.8. The molecule has 160 valence electrons. The normalized spacial score (nSPS) is 21.1. The summed E-state index contributed by atoms with van der Waals surface area (Å²) < 4.78 is 32.4. The van der Waals surface area contributed by atoms with E-state index < -0.39 is 28.6 Å². The van der Waals surface area contributed by atoms with Gasteiger partial charge in [-0.3, -0.25) is 4.79 Å². The molecule has 5 rings (SSSR count). The van der Waals surface area contributed by atoms with Crippen LogP contribution in [0.2, 0.25) is 0 Å². The number of hydrogen-bond acceptors (Lipinski definition) is 4. The Morgan fingerprint density at radius 1 is 1.13 bits per heavy atom. The molecule has 2 aliphatic rings. The summed E-state index contributed by atoms with van der Waals surface area (Å²) in [5.74, 6) is -3.25. The quantitative estimate of drug-likeness (QED) is 0.670. The lowest BCUT2D eigenvalue weighted by molar-refractivity contribution is 0.0694. The molecule has 2 atom stereocenters. The Labute approximate surface area is 176 Å². The largest absolute Gasteiger partial charge is 0.477 e. The predicted molar refractivity (Wildman–Crippen MR) is 113 cm³/mol. The van der Waals surface area contributed by atoms with Gasteiger partial charge in [0, 0.05) is 37.3 Å². The molecule has 1 aromatic heterocycles. The first kappa shape index (κ1) is 19.7. The van der Waals surface area contributed by atoms with Gasteiger partial charge in [0.25, 0.3) is 0 Å². The maximum Gasteiger partial charge on any atom is 0.341 e. The first-order chi connectivity index (χ1) is 14.9. The van der Waals surface area contributed by atoms with Crippen LogP contribution in [0.25, 0.3) is 10.9 Å². The topological polar surface area (TPSA) is 88.6 Å². The van der Waals surface area contributed by atoms with Crippen molar-refractivity contribution in [1.82, 2.24) is 4.57 Å². The van der Waals surface area contributed by atoms with Gasteiger partial charge in [0.1, 0.15) is 17.1 Å². The number of benzene rings is 2. The number of hydrogen-bond donors (Lipinski definition) is 2. The van der Waals surface area contributed by atoms with E-state index in [0.717, 1.165) is 24.5 Å². The van der Waals surface area contributed by atoms with Gasteiger partial charge in [0.05, 0.1) is 10.9 Å². The van der Waals surface area contributed by atoms with Gasteiger partial charge in [0.15, 0.2) is 5.82 Å². The molecule has 31 heavy (non-hydrogen) atoms. The van der Waals surface area contributed by atoms with Crippen LogP contribution in [0.3, 0.4) is 0 Å². The van der Waals surface area contributed by atoms with Crippen LogP contribution in [0.1, 0.15) is 40.7 Å². The number of fused-ring (bicyclic) bond motifs is 1. The number of carboxylic acid groups (broad SMARTS) is 1. The Morgan fingerprint density at radius 2 is 1.84 bits per heavy atom. The molecule has 0 amide bonds. The summed E-state index contributed by atoms with van der Waals surface area (Å²) in [5.41, 5.74) is 5.66. The molecule has 1 aliphatic carbocycles. The molecule has 0 radical (unpaired) electrons. The highest BCUT2D eigenvalue weighted by Gasteiger charge is 2.36. The van der Waals surface area contributed by atoms with Crippen LogP contribution in [-0.4, -0.2) is 34.8 Å². The van der Waals surface area contributed by atoms with E-state index in [9.17, 15) is 14.7 Å². The van der Waals surface area contributed by atoms with E-state index in [1.54, 1.807) is 4.90 Å². The monoisotopic (exact) mass is 425 g/mol. The Hall–Kier alpha value is -3.26. The third-order valence-electron chi connectivity index (χ3n) is 6.26. The molecule has 0 spiro atoms. The van der Waals surface area contributed by atoms with Gasteiger partial charge in [-0.15, -0.1) is 0 Å². The summed E-state index contributed by atoms with van der Waals surface area (Å²) in [6.45, 7) is 0.602. The molecular weight excluding hydrogens is 404 g/mol. The number of rotatable bonds is 4. The lowest BCUT2D eigenvalue weighted by Gasteiger charge is -2.22. The number of carbonyl (C=O) groups is 1. The number of nitrogens with zero attached hydrogens (tertiary/aromatic N) is 2. The van der Waals surface area contributed by atoms with E-state index in [2.05, 4.69) is 0 Å². The number of nitrogens with two attached hydrogens (primary N) is 1. The van der Waals surface area contributed by atoms with Crippen molar-refractivity contribution in [3.05, 3.63) is 75.6 Å². The fraction of sp³-hybridized carbons (Fsp3) is 0.304. The first-order valence-corrected chi connectivity index (χ1v) is 10.2. The van der Waals surface area contributed by atoms with Crippen LogP contribution in [0.5, 0.6) is 0 Å². The van der Waals surface area contributed by atoms with Gasteiger partial charge in [0.2, 0.25) is 5.43 Å². The minimum Gasteiger partial charge on any atom is -0.477 e. The number of carboxylic acids is 1. The second-order valence-corrected chi connectivity index (χ2v) is 8.32. The van der Waals surface area contributed by atoms with E-state index in [1.165, 1.54) is 10.8 Å². The fourth-order valence-corrected chi connectivity index (χ4v) is 4.58. The van der Waals surface area contributed by atoms with E-state index in [-0.39, 0.29) is 41.1 Å². The molecule has 1 saturated heterocycles. The summed E-state index contributed by atoms with van der Waals surface area (Å²) >= 11 is 0. The molecule has 2 heterocycles. The zero-order chi connectivity index (χ0) is 21.9. The van der Waals surface area contributed by atoms with Crippen molar-refractivity contribution in [3.8, 4) is 0 Å². The number of aromatic carboxylic acids is 1. The van der Waals surface area contributed by atoms with Crippen molar-refractivity contribution in [3.63, 3.8) is 0 Å². The highest BCUT2D eigenvalue weighted by Crippen LogP contribution is 2.41. The molecule has 1 saturated carbocycles. The fourth-order valence-electron chi connectivity index (χ4n) is 4.58. The van der Waals surface area contributed by atoms with E-state index in [4.69, 9.17) is 5.73 Å². The molecule has 2 fully saturated rings. The SMILES string of the molecule is N[C@H]1CN(c2c(F)cc3c(=O)c(C(=O)O)cn(C4CC4)c3c2F)C[C@@H]1c1ccccc1. The molecule has 0 bridgehead atoms. The van der Waals surface area contributed by atoms with Gasteiger partial charge in [-0.25, -0.2) is 13.6 Å². The average molecular weight is 425 g/mol. The third kappa shape index (κ3) is 3.18. The van der Waals surface area contributed by atoms with Crippen LogP contribution in [0.4, 0.5) is 14.5 Å². The maximum absolute atomic E-state index is 15.8. The molecule has 8 heteroatoms. The van der Waals surface area contributed by atoms with Gasteiger partial charge in [-0.05, 0) is 24.5 Å². The highest BCUT2D eigenvalue weighted by molar-refractivity contribution is 5.94. The van der Waals surface area contributed by atoms with Crippen molar-refractivity contribution >= 4 is 22.6 Å². The summed E-state index contributed by atoms with van der Waals surface area (Å²) in [4.78, 5) is 25.7. The summed E-state index contributed by atoms with van der Waals surface area (Å²) in [5, 5.41) is 9.11. The molecule has 3 aromatic rings. The summed E-state index contributed by atoms with van der Waals surface area (Å²) in [6, 6.07) is 10.1. The summed E-state index contributed by atoms with van der Waals surface area (Å²) in [7, 11) is 0. The van der Waals surface area contributed by atoms with Gasteiger partial charge in [-0.1, -0.05) is 30.3 Å². The average Bonchev–Trinajstić information content (AvgIpc) is 3.51. The standard InChI is InChI=1S/C23H21F2N3O3/c24-17-8-14-20(28(13-6-7-13)10-16(22(14)29)23(30)31)19(25)21(17)27-9-15(18(26)11-27)12-4-2-1-3-5-12/h1-5,8,10,13,15,18H,6-7,9,11,26H2,(H,30,31)/t15-,18+/m1/s1. The Balaban J connectivity index is 1.66. The predicted octanol–water partition coefficient (Wildman–Crippen LogP) is 3.24. The Morgan fingerprint density at radius 3 is 2.48 bits per heavy atom. The zero-order valence-corrected chi connectivity index (χ0v) is 16.6. The number of anilines is 1. The van der Waals surface area contributed by atoms with Crippen LogP contribution >= 0.6 is 0 Å². The van der Waals surface area contributed by atoms with Gasteiger partial charge in [-0.2, -0.15) is 0 Å². The van der Waals surface area contributed by atoms with Crippen LogP contribution in [0.15, 0.2) is 47.4 Å². The van der Waals surface area contributed by atoms with Gasteiger partial charge < -0.3 is 20.3 Å². The minimum absolute atomic E-state index is 0.0503. The first-order valence-electron chi connectivity index (χ1n) is 10.2. The number of pyridine rings is 1. The molecular formula is C23H21F2N3O3. The number of halogens is 2. The minimum atomic E-state index is -1.41. The molecule has 0 unspecified atom stereocenters. The van der Waals surface area contributed by atoms with Crippen LogP contribution < -0.4 is 16.1 Å². The molecule has 6 nitrogen and oxygen atoms in total. The van der Waals surface area contributed by atoms with Gasteiger partial charge >= 0.3 is 5.97 Å². The van der Waals surface area contributed by atoms with E-state index >= 15 is 8.78 Å². The summed E-state index contributed by atoms with van der Waals surface area (Å²) in [6.07, 6.45) is 2.67. The van der Waals surface area contributed by atoms with Crippen LogP contribution in [-0.2, 0) is 0 Å².